The van der Waals surface area contributed by atoms with Crippen LogP contribution in [-0.4, -0.2) is 64.1 Å². The Bertz CT molecular complexity index is 726. The fraction of sp³-hybridized carbons (Fsp3) is 0.545. The second-order valence-electron chi connectivity index (χ2n) is 7.69. The van der Waals surface area contributed by atoms with Crippen LogP contribution in [0.5, 0.6) is 0 Å². The Labute approximate surface area is 193 Å². The summed E-state index contributed by atoms with van der Waals surface area (Å²) in [5.41, 5.74) is 6.69. The summed E-state index contributed by atoms with van der Waals surface area (Å²) in [6.45, 7) is 4.94. The van der Waals surface area contributed by atoms with Crippen LogP contribution >= 0.6 is 11.8 Å². The Kier molecular flexibility index (Phi) is 14.8. The average Bonchev–Trinajstić information content (AvgIpc) is 2.70. The third kappa shape index (κ3) is 13.7. The maximum Gasteiger partial charge on any atom is 0.326 e. The molecule has 0 aromatic heterocycles. The van der Waals surface area contributed by atoms with Crippen LogP contribution in [0.15, 0.2) is 30.3 Å². The van der Waals surface area contributed by atoms with Gasteiger partial charge in [0.05, 0.1) is 6.04 Å². The maximum atomic E-state index is 12.7. The zero-order valence-electron chi connectivity index (χ0n) is 19.0. The zero-order chi connectivity index (χ0) is 24.7. The number of carbonyl (C=O) groups excluding carboxylic acids is 2. The molecule has 0 aliphatic carbocycles. The second kappa shape index (κ2) is 16.1. The third-order valence-electron chi connectivity index (χ3n) is 4.21. The first-order chi connectivity index (χ1) is 15.0. The fourth-order valence-corrected chi connectivity index (χ4v) is 3.17. The molecule has 32 heavy (non-hydrogen) atoms. The predicted octanol–water partition coefficient (Wildman–Crippen LogP) is 1.50. The lowest BCUT2D eigenvalue weighted by molar-refractivity contribution is -0.142. The van der Waals surface area contributed by atoms with Gasteiger partial charge in [-0.05, 0) is 36.3 Å². The van der Waals surface area contributed by atoms with E-state index in [9.17, 15) is 19.5 Å². The molecule has 10 heteroatoms. The van der Waals surface area contributed by atoms with Crippen molar-refractivity contribution >= 4 is 35.5 Å². The number of nitrogens with one attached hydrogen (secondary N) is 2. The number of carbonyl (C=O) groups is 4. The van der Waals surface area contributed by atoms with Crippen molar-refractivity contribution in [2.24, 2.45) is 11.7 Å². The number of hydrogen-bond acceptors (Lipinski definition) is 6. The van der Waals surface area contributed by atoms with Crippen LogP contribution in [0.1, 0.15) is 39.2 Å². The lowest BCUT2D eigenvalue weighted by atomic mass is 10.0. The molecule has 0 heterocycles. The SMILES string of the molecule is CC(=O)O.CSCCC(N)C(=O)NC(CC(C)C)C(=O)NC(Cc1ccccc1)C(=O)O. The van der Waals surface area contributed by atoms with Crippen molar-refractivity contribution in [3.63, 3.8) is 0 Å². The van der Waals surface area contributed by atoms with Crippen molar-refractivity contribution in [2.45, 2.75) is 58.2 Å². The van der Waals surface area contributed by atoms with Gasteiger partial charge in [0, 0.05) is 13.3 Å². The summed E-state index contributed by atoms with van der Waals surface area (Å²) in [6, 6.07) is 6.47. The van der Waals surface area contributed by atoms with E-state index in [0.29, 0.717) is 12.8 Å². The molecule has 0 bridgehead atoms. The number of rotatable bonds is 12. The van der Waals surface area contributed by atoms with Crippen LogP contribution in [0.2, 0.25) is 0 Å². The number of amides is 2. The van der Waals surface area contributed by atoms with Crippen LogP contribution in [0, 0.1) is 5.92 Å². The van der Waals surface area contributed by atoms with Crippen molar-refractivity contribution in [3.05, 3.63) is 35.9 Å². The minimum absolute atomic E-state index is 0.135. The molecule has 0 radical (unpaired) electrons. The monoisotopic (exact) mass is 469 g/mol. The number of benzene rings is 1. The Balaban J connectivity index is 0.00000220. The van der Waals surface area contributed by atoms with Gasteiger partial charge < -0.3 is 26.6 Å². The van der Waals surface area contributed by atoms with Crippen molar-refractivity contribution in [1.29, 1.82) is 0 Å². The first kappa shape index (κ1) is 29.4. The van der Waals surface area contributed by atoms with Gasteiger partial charge in [0.15, 0.2) is 0 Å². The van der Waals surface area contributed by atoms with Gasteiger partial charge in [0.2, 0.25) is 11.8 Å². The summed E-state index contributed by atoms with van der Waals surface area (Å²) in [4.78, 5) is 45.6. The molecule has 1 rings (SSSR count). The van der Waals surface area contributed by atoms with E-state index in [0.717, 1.165) is 18.2 Å². The highest BCUT2D eigenvalue weighted by atomic mass is 32.2. The van der Waals surface area contributed by atoms with Gasteiger partial charge in [-0.3, -0.25) is 14.4 Å². The zero-order valence-corrected chi connectivity index (χ0v) is 19.9. The van der Waals surface area contributed by atoms with Crippen molar-refractivity contribution in [2.75, 3.05) is 12.0 Å². The first-order valence-electron chi connectivity index (χ1n) is 10.3. The van der Waals surface area contributed by atoms with Gasteiger partial charge in [-0.1, -0.05) is 44.2 Å². The minimum atomic E-state index is -1.12. The maximum absolute atomic E-state index is 12.7. The molecule has 6 N–H and O–H groups in total. The topological polar surface area (TPSA) is 159 Å². The number of nitrogens with two attached hydrogens (primary N) is 1. The lowest BCUT2D eigenvalue weighted by Gasteiger charge is -2.24. The number of hydrogen-bond donors (Lipinski definition) is 5. The summed E-state index contributed by atoms with van der Waals surface area (Å²) in [6.07, 6.45) is 3.00. The molecule has 1 aromatic carbocycles. The highest BCUT2D eigenvalue weighted by molar-refractivity contribution is 7.98. The first-order valence-corrected chi connectivity index (χ1v) is 11.7. The van der Waals surface area contributed by atoms with Gasteiger partial charge in [-0.25, -0.2) is 4.79 Å². The van der Waals surface area contributed by atoms with E-state index in [1.54, 1.807) is 23.9 Å². The predicted molar refractivity (Wildman–Crippen MR) is 125 cm³/mol. The molecule has 1 aromatic rings. The summed E-state index contributed by atoms with van der Waals surface area (Å²) >= 11 is 1.59. The van der Waals surface area contributed by atoms with E-state index < -0.39 is 41.9 Å². The molecule has 0 aliphatic rings. The Hall–Kier alpha value is -2.59. The van der Waals surface area contributed by atoms with Gasteiger partial charge in [0.1, 0.15) is 12.1 Å². The number of carboxylic acids is 2. The molecule has 9 nitrogen and oxygen atoms in total. The Morgan fingerprint density at radius 3 is 2.00 bits per heavy atom. The normalized spacial score (nSPS) is 13.2. The summed E-state index contributed by atoms with van der Waals surface area (Å²) in [5, 5.41) is 22.2. The van der Waals surface area contributed by atoms with Crippen molar-refractivity contribution < 1.29 is 29.4 Å². The number of carboxylic acid groups (broad SMARTS) is 2. The second-order valence-corrected chi connectivity index (χ2v) is 8.67. The molecular weight excluding hydrogens is 434 g/mol. The van der Waals surface area contributed by atoms with Crippen LogP contribution < -0.4 is 16.4 Å². The van der Waals surface area contributed by atoms with E-state index in [4.69, 9.17) is 15.6 Å². The van der Waals surface area contributed by atoms with Gasteiger partial charge >= 0.3 is 5.97 Å². The molecule has 0 fully saturated rings. The van der Waals surface area contributed by atoms with Crippen LogP contribution in [0.25, 0.3) is 0 Å². The van der Waals surface area contributed by atoms with Gasteiger partial charge in [0.25, 0.3) is 5.97 Å². The van der Waals surface area contributed by atoms with E-state index >= 15 is 0 Å². The van der Waals surface area contributed by atoms with Crippen LogP contribution in [0.4, 0.5) is 0 Å². The Morgan fingerprint density at radius 2 is 1.53 bits per heavy atom. The standard InChI is InChI=1S/C20H31N3O4S.C2H4O2/c1-13(2)11-16(22-18(24)15(21)9-10-28-3)19(25)23-17(20(26)27)12-14-7-5-4-6-8-14;1-2(3)4/h4-8,13,15-17H,9-12,21H2,1-3H3,(H,22,24)(H,23,25)(H,26,27);1H3,(H,3,4). The number of aliphatic carboxylic acids is 2. The highest BCUT2D eigenvalue weighted by Crippen LogP contribution is 2.09. The summed E-state index contributed by atoms with van der Waals surface area (Å²) in [7, 11) is 0. The number of thioether (sulfide) groups is 1. The van der Waals surface area contributed by atoms with Gasteiger partial charge in [-0.2, -0.15) is 11.8 Å². The van der Waals surface area contributed by atoms with E-state index in [1.807, 2.05) is 38.3 Å². The van der Waals surface area contributed by atoms with Crippen molar-refractivity contribution in [1.82, 2.24) is 10.6 Å². The lowest BCUT2D eigenvalue weighted by Crippen LogP contribution is -2.55. The molecule has 180 valence electrons. The molecular formula is C22H35N3O6S. The van der Waals surface area contributed by atoms with Crippen LogP contribution in [0.3, 0.4) is 0 Å². The molecule has 0 saturated heterocycles. The molecule has 0 spiro atoms. The quantitative estimate of drug-likeness (QED) is 0.308. The average molecular weight is 470 g/mol. The summed E-state index contributed by atoms with van der Waals surface area (Å²) < 4.78 is 0. The largest absolute Gasteiger partial charge is 0.481 e. The third-order valence-corrected chi connectivity index (χ3v) is 4.85. The Morgan fingerprint density at radius 1 is 1.00 bits per heavy atom. The van der Waals surface area contributed by atoms with Gasteiger partial charge in [-0.15, -0.1) is 0 Å². The highest BCUT2D eigenvalue weighted by Gasteiger charge is 2.28. The molecule has 0 aliphatic heterocycles. The van der Waals surface area contributed by atoms with E-state index in [1.165, 1.54) is 0 Å². The van der Waals surface area contributed by atoms with Crippen molar-refractivity contribution in [3.8, 4) is 0 Å². The van der Waals surface area contributed by atoms with Crippen LogP contribution in [-0.2, 0) is 25.6 Å². The molecule has 0 saturated carbocycles. The molecule has 3 unspecified atom stereocenters. The minimum Gasteiger partial charge on any atom is -0.481 e. The smallest absolute Gasteiger partial charge is 0.326 e. The van der Waals surface area contributed by atoms with E-state index in [2.05, 4.69) is 10.6 Å². The van der Waals surface area contributed by atoms with E-state index in [-0.39, 0.29) is 12.3 Å². The summed E-state index contributed by atoms with van der Waals surface area (Å²) in [5.74, 6) is -1.99. The molecule has 2 amide bonds. The molecule has 3 atom stereocenters. The fourth-order valence-electron chi connectivity index (χ4n) is 2.68.